The van der Waals surface area contributed by atoms with Crippen LogP contribution in [0.1, 0.15) is 26.2 Å². The third-order valence-corrected chi connectivity index (χ3v) is 3.01. The lowest BCUT2D eigenvalue weighted by Crippen LogP contribution is -2.43. The smallest absolute Gasteiger partial charge is 0.108 e. The fourth-order valence-electron chi connectivity index (χ4n) is 1.88. The molecule has 1 rings (SSSR count). The van der Waals surface area contributed by atoms with Gasteiger partial charge in [0.05, 0.1) is 6.07 Å². The van der Waals surface area contributed by atoms with Crippen LogP contribution in [-0.4, -0.2) is 62.2 Å². The molecule has 0 bridgehead atoms. The third kappa shape index (κ3) is 6.62. The first-order valence-electron chi connectivity index (χ1n) is 6.68. The predicted octanol–water partition coefficient (Wildman–Crippen LogP) is 0.904. The van der Waals surface area contributed by atoms with Crippen molar-refractivity contribution in [1.82, 2.24) is 15.1 Å². The molecular weight excluding hydrogens is 212 g/mol. The van der Waals surface area contributed by atoms with Crippen molar-refractivity contribution < 1.29 is 0 Å². The summed E-state index contributed by atoms with van der Waals surface area (Å²) >= 11 is 0. The van der Waals surface area contributed by atoms with E-state index < -0.39 is 0 Å². The van der Waals surface area contributed by atoms with E-state index in [9.17, 15) is 0 Å². The number of nitrogens with zero attached hydrogens (tertiary/aromatic N) is 3. The lowest BCUT2D eigenvalue weighted by molar-refractivity contribution is 0.229. The zero-order chi connectivity index (χ0) is 12.7. The Balaban J connectivity index is 2.31. The van der Waals surface area contributed by atoms with E-state index in [0.717, 1.165) is 32.6 Å². The molecule has 1 fully saturated rings. The van der Waals surface area contributed by atoms with Crippen LogP contribution in [0.15, 0.2) is 0 Å². The highest BCUT2D eigenvalue weighted by Gasteiger charge is 2.25. The van der Waals surface area contributed by atoms with Crippen LogP contribution < -0.4 is 5.32 Å². The van der Waals surface area contributed by atoms with Gasteiger partial charge >= 0.3 is 0 Å². The number of hydrogen-bond acceptors (Lipinski definition) is 4. The minimum atomic E-state index is -0.00351. The molecule has 1 aliphatic carbocycles. The van der Waals surface area contributed by atoms with Crippen molar-refractivity contribution in [2.45, 2.75) is 38.3 Å². The van der Waals surface area contributed by atoms with E-state index in [-0.39, 0.29) is 6.04 Å². The molecule has 0 radical (unpaired) electrons. The van der Waals surface area contributed by atoms with E-state index in [1.807, 2.05) is 0 Å². The van der Waals surface area contributed by atoms with Crippen LogP contribution in [0.5, 0.6) is 0 Å². The van der Waals surface area contributed by atoms with Crippen molar-refractivity contribution in [2.75, 3.05) is 40.3 Å². The number of likely N-dealkylation sites (N-methyl/N-ethyl adjacent to an activating group) is 1. The standard InChI is InChI=1S/C13H26N4/c1-4-7-17(9-8-16(2)3)11-13(10-14)15-12-5-6-12/h12-13,15H,4-9,11H2,1-3H3. The molecule has 1 N–H and O–H groups in total. The molecule has 4 nitrogen and oxygen atoms in total. The third-order valence-electron chi connectivity index (χ3n) is 3.01. The number of rotatable bonds is 9. The number of nitrogens with one attached hydrogen (secondary N) is 1. The van der Waals surface area contributed by atoms with Crippen LogP contribution in [0.2, 0.25) is 0 Å². The van der Waals surface area contributed by atoms with E-state index in [2.05, 4.69) is 42.2 Å². The fourth-order valence-corrected chi connectivity index (χ4v) is 1.88. The molecule has 0 aromatic heterocycles. The van der Waals surface area contributed by atoms with Crippen LogP contribution in [0.25, 0.3) is 0 Å². The molecule has 0 spiro atoms. The molecule has 17 heavy (non-hydrogen) atoms. The monoisotopic (exact) mass is 238 g/mol. The Bertz CT molecular complexity index is 242. The summed E-state index contributed by atoms with van der Waals surface area (Å²) in [7, 11) is 4.18. The molecule has 0 heterocycles. The SMILES string of the molecule is CCCN(CCN(C)C)CC(C#N)NC1CC1. The van der Waals surface area contributed by atoms with Gasteiger partial charge in [-0.1, -0.05) is 6.92 Å². The van der Waals surface area contributed by atoms with E-state index in [4.69, 9.17) is 5.26 Å². The molecular formula is C13H26N4. The van der Waals surface area contributed by atoms with Gasteiger partial charge in [-0.25, -0.2) is 0 Å². The van der Waals surface area contributed by atoms with Gasteiger partial charge in [0.2, 0.25) is 0 Å². The van der Waals surface area contributed by atoms with E-state index in [1.54, 1.807) is 0 Å². The van der Waals surface area contributed by atoms with Crippen LogP contribution in [-0.2, 0) is 0 Å². The summed E-state index contributed by atoms with van der Waals surface area (Å²) in [5.74, 6) is 0. The number of nitriles is 1. The minimum Gasteiger partial charge on any atom is -0.308 e. The molecule has 0 aliphatic heterocycles. The second-order valence-electron chi connectivity index (χ2n) is 5.23. The Labute approximate surface area is 106 Å². The molecule has 1 unspecified atom stereocenters. The summed E-state index contributed by atoms with van der Waals surface area (Å²) in [5.41, 5.74) is 0. The van der Waals surface area contributed by atoms with Crippen LogP contribution in [0.4, 0.5) is 0 Å². The molecule has 4 heteroatoms. The van der Waals surface area contributed by atoms with Crippen molar-refractivity contribution in [3.05, 3.63) is 0 Å². The Morgan fingerprint density at radius 3 is 2.47 bits per heavy atom. The van der Waals surface area contributed by atoms with Crippen LogP contribution in [0, 0.1) is 11.3 Å². The Hall–Kier alpha value is -0.630. The second-order valence-corrected chi connectivity index (χ2v) is 5.23. The zero-order valence-corrected chi connectivity index (χ0v) is 11.4. The van der Waals surface area contributed by atoms with Crippen molar-refractivity contribution in [2.24, 2.45) is 0 Å². The maximum Gasteiger partial charge on any atom is 0.108 e. The van der Waals surface area contributed by atoms with Gasteiger partial charge in [0.1, 0.15) is 6.04 Å². The van der Waals surface area contributed by atoms with E-state index in [1.165, 1.54) is 12.8 Å². The molecule has 1 saturated carbocycles. The number of hydrogen-bond donors (Lipinski definition) is 1. The molecule has 0 amide bonds. The molecule has 98 valence electrons. The summed E-state index contributed by atoms with van der Waals surface area (Å²) in [6, 6.07) is 2.99. The topological polar surface area (TPSA) is 42.3 Å². The van der Waals surface area contributed by atoms with Gasteiger partial charge < -0.3 is 4.90 Å². The average Bonchev–Trinajstić information content (AvgIpc) is 3.08. The summed E-state index contributed by atoms with van der Waals surface area (Å²) in [5, 5.41) is 12.5. The van der Waals surface area contributed by atoms with Gasteiger partial charge in [-0.3, -0.25) is 10.2 Å². The normalized spacial score (nSPS) is 17.4. The van der Waals surface area contributed by atoms with Crippen molar-refractivity contribution in [3.63, 3.8) is 0 Å². The van der Waals surface area contributed by atoms with E-state index >= 15 is 0 Å². The van der Waals surface area contributed by atoms with Crippen molar-refractivity contribution >= 4 is 0 Å². The molecule has 1 atom stereocenters. The summed E-state index contributed by atoms with van der Waals surface area (Å²) in [6.07, 6.45) is 3.63. The first kappa shape index (κ1) is 14.4. The van der Waals surface area contributed by atoms with E-state index in [0.29, 0.717) is 6.04 Å². The lowest BCUT2D eigenvalue weighted by atomic mass is 10.2. The quantitative estimate of drug-likeness (QED) is 0.648. The lowest BCUT2D eigenvalue weighted by Gasteiger charge is -2.26. The predicted molar refractivity (Wildman–Crippen MR) is 70.8 cm³/mol. The molecule has 0 aromatic rings. The minimum absolute atomic E-state index is 0.00351. The second kappa shape index (κ2) is 7.65. The highest BCUT2D eigenvalue weighted by Crippen LogP contribution is 2.19. The van der Waals surface area contributed by atoms with Crippen LogP contribution >= 0.6 is 0 Å². The Morgan fingerprint density at radius 2 is 2.00 bits per heavy atom. The summed E-state index contributed by atoms with van der Waals surface area (Å²) in [6.45, 7) is 6.23. The highest BCUT2D eigenvalue weighted by atomic mass is 15.2. The van der Waals surface area contributed by atoms with Gasteiger partial charge in [0.25, 0.3) is 0 Å². The molecule has 1 aliphatic rings. The largest absolute Gasteiger partial charge is 0.308 e. The Morgan fingerprint density at radius 1 is 1.29 bits per heavy atom. The van der Waals surface area contributed by atoms with Gasteiger partial charge in [0, 0.05) is 25.7 Å². The highest BCUT2D eigenvalue weighted by molar-refractivity contribution is 4.97. The molecule has 0 saturated heterocycles. The zero-order valence-electron chi connectivity index (χ0n) is 11.4. The van der Waals surface area contributed by atoms with Crippen molar-refractivity contribution in [1.29, 1.82) is 5.26 Å². The van der Waals surface area contributed by atoms with Crippen molar-refractivity contribution in [3.8, 4) is 6.07 Å². The average molecular weight is 238 g/mol. The maximum atomic E-state index is 9.15. The summed E-state index contributed by atoms with van der Waals surface area (Å²) in [4.78, 5) is 4.58. The summed E-state index contributed by atoms with van der Waals surface area (Å²) < 4.78 is 0. The first-order valence-corrected chi connectivity index (χ1v) is 6.68. The van der Waals surface area contributed by atoms with Gasteiger partial charge in [-0.15, -0.1) is 0 Å². The van der Waals surface area contributed by atoms with Gasteiger partial charge in [0.15, 0.2) is 0 Å². The first-order chi connectivity index (χ1) is 8.15. The fraction of sp³-hybridized carbons (Fsp3) is 0.923. The maximum absolute atomic E-state index is 9.15. The molecule has 0 aromatic carbocycles. The van der Waals surface area contributed by atoms with Gasteiger partial charge in [-0.05, 0) is 39.9 Å². The Kier molecular flexibility index (Phi) is 6.49. The van der Waals surface area contributed by atoms with Crippen LogP contribution in [0.3, 0.4) is 0 Å². The van der Waals surface area contributed by atoms with Gasteiger partial charge in [-0.2, -0.15) is 5.26 Å².